The van der Waals surface area contributed by atoms with Crippen LogP contribution < -0.4 is 10.5 Å². The van der Waals surface area contributed by atoms with Crippen molar-refractivity contribution in [3.8, 4) is 5.75 Å². The number of methoxy groups -OCH3 is 1. The molecule has 0 heterocycles. The molecule has 0 saturated carbocycles. The number of aliphatic hydroxyl groups excluding tert-OH is 1. The fourth-order valence-electron chi connectivity index (χ4n) is 1.27. The summed E-state index contributed by atoms with van der Waals surface area (Å²) in [5, 5.41) is 9.64. The average Bonchev–Trinajstić information content (AvgIpc) is 2.17. The predicted molar refractivity (Wildman–Crippen MR) is 51.6 cm³/mol. The molecule has 0 aliphatic rings. The van der Waals surface area contributed by atoms with Crippen LogP contribution in [0.2, 0.25) is 0 Å². The molecule has 1 atom stereocenters. The van der Waals surface area contributed by atoms with Gasteiger partial charge in [0.2, 0.25) is 0 Å². The normalized spacial score (nSPS) is 12.6. The van der Waals surface area contributed by atoms with Crippen LogP contribution >= 0.6 is 0 Å². The zero-order chi connectivity index (χ0) is 10.6. The topological polar surface area (TPSA) is 55.5 Å². The summed E-state index contributed by atoms with van der Waals surface area (Å²) < 4.78 is 17.7. The van der Waals surface area contributed by atoms with Gasteiger partial charge in [-0.3, -0.25) is 0 Å². The number of halogens is 1. The Labute approximate surface area is 82.3 Å². The van der Waals surface area contributed by atoms with Gasteiger partial charge < -0.3 is 15.6 Å². The Hall–Kier alpha value is -1.13. The molecule has 3 N–H and O–H groups in total. The van der Waals surface area contributed by atoms with E-state index in [-0.39, 0.29) is 5.82 Å². The number of hydrogen-bond acceptors (Lipinski definition) is 3. The molecule has 0 aromatic heterocycles. The maximum absolute atomic E-state index is 12.8. The fourth-order valence-corrected chi connectivity index (χ4v) is 1.27. The summed E-state index contributed by atoms with van der Waals surface area (Å²) in [4.78, 5) is 0. The van der Waals surface area contributed by atoms with Gasteiger partial charge in [0.25, 0.3) is 0 Å². The molecule has 1 aromatic rings. The largest absolute Gasteiger partial charge is 0.496 e. The minimum Gasteiger partial charge on any atom is -0.496 e. The molecule has 0 amide bonds. The van der Waals surface area contributed by atoms with Crippen molar-refractivity contribution in [2.45, 2.75) is 12.5 Å². The SMILES string of the molecule is COc1cc(F)ccc1C(O)CCN. The highest BCUT2D eigenvalue weighted by molar-refractivity contribution is 5.35. The second-order valence-corrected chi connectivity index (χ2v) is 2.98. The van der Waals surface area contributed by atoms with Crippen molar-refractivity contribution in [2.75, 3.05) is 13.7 Å². The summed E-state index contributed by atoms with van der Waals surface area (Å²) in [5.74, 6) is -0.0310. The Bertz CT molecular complexity index is 304. The summed E-state index contributed by atoms with van der Waals surface area (Å²) in [6, 6.07) is 4.04. The molecule has 0 aliphatic carbocycles. The first-order valence-electron chi connectivity index (χ1n) is 4.40. The maximum atomic E-state index is 12.8. The summed E-state index contributed by atoms with van der Waals surface area (Å²) in [5.41, 5.74) is 5.88. The minimum atomic E-state index is -0.699. The zero-order valence-electron chi connectivity index (χ0n) is 8.03. The van der Waals surface area contributed by atoms with Crippen LogP contribution in [-0.2, 0) is 0 Å². The molecule has 0 saturated heterocycles. The van der Waals surface area contributed by atoms with Gasteiger partial charge in [-0.25, -0.2) is 4.39 Å². The lowest BCUT2D eigenvalue weighted by molar-refractivity contribution is 0.166. The van der Waals surface area contributed by atoms with Crippen molar-refractivity contribution < 1.29 is 14.2 Å². The van der Waals surface area contributed by atoms with Crippen molar-refractivity contribution in [2.24, 2.45) is 5.73 Å². The highest BCUT2D eigenvalue weighted by Crippen LogP contribution is 2.27. The van der Waals surface area contributed by atoms with E-state index in [4.69, 9.17) is 10.5 Å². The molecule has 0 radical (unpaired) electrons. The molecular weight excluding hydrogens is 185 g/mol. The van der Waals surface area contributed by atoms with Crippen molar-refractivity contribution in [3.63, 3.8) is 0 Å². The van der Waals surface area contributed by atoms with Gasteiger partial charge in [0.15, 0.2) is 0 Å². The number of aliphatic hydroxyl groups is 1. The van der Waals surface area contributed by atoms with E-state index < -0.39 is 6.10 Å². The first-order valence-corrected chi connectivity index (χ1v) is 4.40. The Morgan fingerprint density at radius 1 is 1.57 bits per heavy atom. The van der Waals surface area contributed by atoms with E-state index in [0.717, 1.165) is 0 Å². The highest BCUT2D eigenvalue weighted by atomic mass is 19.1. The molecule has 0 bridgehead atoms. The van der Waals surface area contributed by atoms with Crippen LogP contribution in [0.4, 0.5) is 4.39 Å². The molecule has 1 rings (SSSR count). The number of ether oxygens (including phenoxy) is 1. The molecule has 0 fully saturated rings. The van der Waals surface area contributed by atoms with Gasteiger partial charge in [-0.1, -0.05) is 0 Å². The number of hydrogen-bond donors (Lipinski definition) is 2. The zero-order valence-corrected chi connectivity index (χ0v) is 8.03. The van der Waals surface area contributed by atoms with Crippen LogP contribution in [0.15, 0.2) is 18.2 Å². The molecule has 78 valence electrons. The average molecular weight is 199 g/mol. The molecule has 3 nitrogen and oxygen atoms in total. The van der Waals surface area contributed by atoms with Gasteiger partial charge in [0.1, 0.15) is 11.6 Å². The molecule has 0 spiro atoms. The van der Waals surface area contributed by atoms with Gasteiger partial charge >= 0.3 is 0 Å². The van der Waals surface area contributed by atoms with E-state index in [9.17, 15) is 9.50 Å². The third-order valence-corrected chi connectivity index (χ3v) is 1.99. The molecule has 1 unspecified atom stereocenters. The van der Waals surface area contributed by atoms with Gasteiger partial charge in [-0.05, 0) is 25.1 Å². The first-order chi connectivity index (χ1) is 6.69. The summed E-state index contributed by atoms with van der Waals surface area (Å²) in [6.45, 7) is 0.377. The third kappa shape index (κ3) is 2.43. The van der Waals surface area contributed by atoms with E-state index in [1.54, 1.807) is 0 Å². The van der Waals surface area contributed by atoms with Gasteiger partial charge in [0.05, 0.1) is 13.2 Å². The quantitative estimate of drug-likeness (QED) is 0.766. The van der Waals surface area contributed by atoms with E-state index in [2.05, 4.69) is 0 Å². The van der Waals surface area contributed by atoms with E-state index in [0.29, 0.717) is 24.3 Å². The molecule has 14 heavy (non-hydrogen) atoms. The van der Waals surface area contributed by atoms with Crippen LogP contribution in [0, 0.1) is 5.82 Å². The Balaban J connectivity index is 2.95. The number of nitrogens with two attached hydrogens (primary N) is 1. The Kier molecular flexibility index (Phi) is 3.85. The Morgan fingerprint density at radius 2 is 2.29 bits per heavy atom. The van der Waals surface area contributed by atoms with E-state index in [1.165, 1.54) is 25.3 Å². The monoisotopic (exact) mass is 199 g/mol. The van der Waals surface area contributed by atoms with Crippen LogP contribution in [0.1, 0.15) is 18.1 Å². The number of benzene rings is 1. The standard InChI is InChI=1S/C10H14FNO2/c1-14-10-6-7(11)2-3-8(10)9(13)4-5-12/h2-3,6,9,13H,4-5,12H2,1H3. The van der Waals surface area contributed by atoms with Crippen LogP contribution in [0.3, 0.4) is 0 Å². The molecule has 0 aliphatic heterocycles. The van der Waals surface area contributed by atoms with Crippen LogP contribution in [-0.4, -0.2) is 18.8 Å². The smallest absolute Gasteiger partial charge is 0.127 e. The van der Waals surface area contributed by atoms with Gasteiger partial charge in [0, 0.05) is 11.6 Å². The van der Waals surface area contributed by atoms with Gasteiger partial charge in [-0.2, -0.15) is 0 Å². The fraction of sp³-hybridized carbons (Fsp3) is 0.400. The molecular formula is C10H14FNO2. The van der Waals surface area contributed by atoms with Crippen molar-refractivity contribution in [3.05, 3.63) is 29.6 Å². The maximum Gasteiger partial charge on any atom is 0.127 e. The van der Waals surface area contributed by atoms with Gasteiger partial charge in [-0.15, -0.1) is 0 Å². The minimum absolute atomic E-state index is 0.353. The summed E-state index contributed by atoms with van der Waals surface area (Å²) in [6.07, 6.45) is -0.266. The van der Waals surface area contributed by atoms with E-state index >= 15 is 0 Å². The number of rotatable bonds is 4. The second kappa shape index (κ2) is 4.93. The summed E-state index contributed by atoms with van der Waals surface area (Å²) in [7, 11) is 1.44. The molecule has 4 heteroatoms. The lowest BCUT2D eigenvalue weighted by Gasteiger charge is -2.13. The summed E-state index contributed by atoms with van der Waals surface area (Å²) >= 11 is 0. The first kappa shape index (κ1) is 10.9. The second-order valence-electron chi connectivity index (χ2n) is 2.98. The van der Waals surface area contributed by atoms with Crippen molar-refractivity contribution >= 4 is 0 Å². The van der Waals surface area contributed by atoms with Crippen molar-refractivity contribution in [1.82, 2.24) is 0 Å². The lowest BCUT2D eigenvalue weighted by Crippen LogP contribution is -2.08. The van der Waals surface area contributed by atoms with Crippen molar-refractivity contribution in [1.29, 1.82) is 0 Å². The Morgan fingerprint density at radius 3 is 2.86 bits per heavy atom. The van der Waals surface area contributed by atoms with Crippen LogP contribution in [0.25, 0.3) is 0 Å². The van der Waals surface area contributed by atoms with E-state index in [1.807, 2.05) is 0 Å². The molecule has 1 aromatic carbocycles. The highest BCUT2D eigenvalue weighted by Gasteiger charge is 2.12. The lowest BCUT2D eigenvalue weighted by atomic mass is 10.1. The predicted octanol–water partition coefficient (Wildman–Crippen LogP) is 1.22. The third-order valence-electron chi connectivity index (χ3n) is 1.99. The van der Waals surface area contributed by atoms with Crippen LogP contribution in [0.5, 0.6) is 5.75 Å².